The Hall–Kier alpha value is -0.550. The predicted molar refractivity (Wildman–Crippen MR) is 47.1 cm³/mol. The van der Waals surface area contributed by atoms with Crippen molar-refractivity contribution in [2.24, 2.45) is 0 Å². The predicted octanol–water partition coefficient (Wildman–Crippen LogP) is 3.16. The number of nitrogens with zero attached hydrogens (tertiary/aromatic N) is 1. The molecule has 0 atom stereocenters. The van der Waals surface area contributed by atoms with E-state index in [1.807, 2.05) is 0 Å². The maximum atomic E-state index is 12.3. The molecule has 13 heavy (non-hydrogen) atoms. The minimum absolute atomic E-state index is 0.293. The number of halogens is 4. The van der Waals surface area contributed by atoms with Gasteiger partial charge in [0, 0.05) is 5.56 Å². The molecule has 1 rings (SSSR count). The summed E-state index contributed by atoms with van der Waals surface area (Å²) >= 11 is 8.02. The van der Waals surface area contributed by atoms with Gasteiger partial charge >= 0.3 is 0 Å². The van der Waals surface area contributed by atoms with E-state index in [0.717, 1.165) is 6.07 Å². The second kappa shape index (κ2) is 4.11. The average molecular weight is 270 g/mol. The number of carbonyl (C=O) groups is 1. The van der Waals surface area contributed by atoms with Gasteiger partial charge in [0.05, 0.1) is 0 Å². The molecule has 0 amide bonds. The summed E-state index contributed by atoms with van der Waals surface area (Å²) in [6, 6.07) is 2.43. The number of pyridine rings is 1. The van der Waals surface area contributed by atoms with Crippen molar-refractivity contribution in [2.45, 2.75) is 6.43 Å². The first kappa shape index (κ1) is 10.5. The van der Waals surface area contributed by atoms with Crippen LogP contribution < -0.4 is 0 Å². The third kappa shape index (κ3) is 2.45. The SMILES string of the molecule is O=C(Cl)c1nc(Br)ccc1C(F)F. The average Bonchev–Trinajstić information content (AvgIpc) is 2.03. The van der Waals surface area contributed by atoms with E-state index in [0.29, 0.717) is 4.60 Å². The molecular weight excluding hydrogens is 267 g/mol. The summed E-state index contributed by atoms with van der Waals surface area (Å²) in [5.41, 5.74) is -0.866. The molecule has 1 aromatic rings. The highest BCUT2D eigenvalue weighted by Crippen LogP contribution is 2.24. The van der Waals surface area contributed by atoms with Crippen LogP contribution >= 0.6 is 27.5 Å². The molecule has 0 bridgehead atoms. The monoisotopic (exact) mass is 269 g/mol. The zero-order chi connectivity index (χ0) is 10.0. The first-order valence-electron chi connectivity index (χ1n) is 3.17. The maximum Gasteiger partial charge on any atom is 0.271 e. The molecule has 6 heteroatoms. The van der Waals surface area contributed by atoms with Gasteiger partial charge in [-0.2, -0.15) is 0 Å². The molecule has 1 aromatic heterocycles. The normalized spacial score (nSPS) is 10.5. The quantitative estimate of drug-likeness (QED) is 0.610. The van der Waals surface area contributed by atoms with E-state index in [1.54, 1.807) is 0 Å². The van der Waals surface area contributed by atoms with Crippen molar-refractivity contribution in [3.05, 3.63) is 28.0 Å². The van der Waals surface area contributed by atoms with Crippen LogP contribution in [0.25, 0.3) is 0 Å². The van der Waals surface area contributed by atoms with Gasteiger partial charge in [-0.1, -0.05) is 0 Å². The third-order valence-corrected chi connectivity index (χ3v) is 1.93. The van der Waals surface area contributed by atoms with Gasteiger partial charge in [-0.15, -0.1) is 0 Å². The van der Waals surface area contributed by atoms with Crippen molar-refractivity contribution in [1.82, 2.24) is 4.98 Å². The van der Waals surface area contributed by atoms with Crippen LogP contribution in [0.2, 0.25) is 0 Å². The van der Waals surface area contributed by atoms with Crippen LogP contribution in [0.5, 0.6) is 0 Å². The number of rotatable bonds is 2. The highest BCUT2D eigenvalue weighted by Gasteiger charge is 2.18. The van der Waals surface area contributed by atoms with Crippen LogP contribution in [0.4, 0.5) is 8.78 Å². The molecule has 0 unspecified atom stereocenters. The summed E-state index contributed by atoms with van der Waals surface area (Å²) in [7, 11) is 0. The smallest absolute Gasteiger partial charge is 0.271 e. The zero-order valence-corrected chi connectivity index (χ0v) is 8.44. The van der Waals surface area contributed by atoms with Crippen molar-refractivity contribution >= 4 is 32.8 Å². The van der Waals surface area contributed by atoms with E-state index < -0.39 is 22.9 Å². The summed E-state index contributed by atoms with van der Waals surface area (Å²) in [4.78, 5) is 14.2. The molecule has 0 radical (unpaired) electrons. The minimum Gasteiger partial charge on any atom is -0.274 e. The number of alkyl halides is 2. The van der Waals surface area contributed by atoms with Crippen molar-refractivity contribution in [3.8, 4) is 0 Å². The summed E-state index contributed by atoms with van der Waals surface area (Å²) < 4.78 is 24.8. The van der Waals surface area contributed by atoms with Crippen LogP contribution in [-0.2, 0) is 0 Å². The Morgan fingerprint density at radius 2 is 2.15 bits per heavy atom. The lowest BCUT2D eigenvalue weighted by Crippen LogP contribution is -2.01. The van der Waals surface area contributed by atoms with Gasteiger partial charge in [0.1, 0.15) is 10.3 Å². The van der Waals surface area contributed by atoms with Gasteiger partial charge in [-0.25, -0.2) is 13.8 Å². The second-order valence-electron chi connectivity index (χ2n) is 2.15. The summed E-state index contributed by atoms with van der Waals surface area (Å²) in [5, 5.41) is -0.989. The summed E-state index contributed by atoms with van der Waals surface area (Å²) in [6.07, 6.45) is -2.75. The first-order valence-corrected chi connectivity index (χ1v) is 4.34. The summed E-state index contributed by atoms with van der Waals surface area (Å²) in [5.74, 6) is 0. The molecule has 0 spiro atoms. The highest BCUT2D eigenvalue weighted by molar-refractivity contribution is 9.10. The highest BCUT2D eigenvalue weighted by atomic mass is 79.9. The van der Waals surface area contributed by atoms with Crippen LogP contribution in [0, 0.1) is 0 Å². The molecular formula is C7H3BrClF2NO. The fourth-order valence-electron chi connectivity index (χ4n) is 0.780. The molecule has 0 aliphatic rings. The molecule has 0 aliphatic carbocycles. The Morgan fingerprint density at radius 3 is 2.62 bits per heavy atom. The zero-order valence-electron chi connectivity index (χ0n) is 6.10. The standard InChI is InChI=1S/C7H3BrClF2NO/c8-4-2-1-3(7(10)11)5(12-4)6(9)13/h1-2,7H. The van der Waals surface area contributed by atoms with E-state index in [4.69, 9.17) is 11.6 Å². The number of carbonyl (C=O) groups excluding carboxylic acids is 1. The summed E-state index contributed by atoms with van der Waals surface area (Å²) in [6.45, 7) is 0. The Kier molecular flexibility index (Phi) is 3.33. The molecule has 0 fully saturated rings. The Morgan fingerprint density at radius 1 is 1.54 bits per heavy atom. The van der Waals surface area contributed by atoms with Crippen LogP contribution in [0.3, 0.4) is 0 Å². The van der Waals surface area contributed by atoms with Gasteiger partial charge in [0.25, 0.3) is 11.7 Å². The maximum absolute atomic E-state index is 12.3. The number of aromatic nitrogens is 1. The molecule has 0 aromatic carbocycles. The number of hydrogen-bond donors (Lipinski definition) is 0. The van der Waals surface area contributed by atoms with E-state index >= 15 is 0 Å². The molecule has 0 aliphatic heterocycles. The molecule has 2 nitrogen and oxygen atoms in total. The lowest BCUT2D eigenvalue weighted by molar-refractivity contribution is 0.106. The Bertz CT molecular complexity index is 345. The minimum atomic E-state index is -2.75. The lowest BCUT2D eigenvalue weighted by atomic mass is 10.2. The van der Waals surface area contributed by atoms with Crippen molar-refractivity contribution < 1.29 is 13.6 Å². The number of hydrogen-bond acceptors (Lipinski definition) is 2. The molecule has 0 saturated carbocycles. The van der Waals surface area contributed by atoms with Crippen LogP contribution in [-0.4, -0.2) is 10.2 Å². The Balaban J connectivity index is 3.27. The van der Waals surface area contributed by atoms with E-state index in [9.17, 15) is 13.6 Å². The van der Waals surface area contributed by atoms with Gasteiger partial charge in [0.2, 0.25) is 0 Å². The third-order valence-electron chi connectivity index (χ3n) is 1.31. The topological polar surface area (TPSA) is 30.0 Å². The molecule has 70 valence electrons. The van der Waals surface area contributed by atoms with Gasteiger partial charge < -0.3 is 0 Å². The first-order chi connectivity index (χ1) is 6.02. The van der Waals surface area contributed by atoms with E-state index in [2.05, 4.69) is 20.9 Å². The van der Waals surface area contributed by atoms with Crippen molar-refractivity contribution in [2.75, 3.05) is 0 Å². The molecule has 0 N–H and O–H groups in total. The molecule has 0 saturated heterocycles. The van der Waals surface area contributed by atoms with Crippen LogP contribution in [0.1, 0.15) is 22.5 Å². The Labute approximate surface area is 86.0 Å². The fourth-order valence-corrected chi connectivity index (χ4v) is 1.24. The van der Waals surface area contributed by atoms with Crippen molar-refractivity contribution in [1.29, 1.82) is 0 Å². The van der Waals surface area contributed by atoms with Crippen LogP contribution in [0.15, 0.2) is 16.7 Å². The van der Waals surface area contributed by atoms with E-state index in [-0.39, 0.29) is 0 Å². The van der Waals surface area contributed by atoms with Crippen molar-refractivity contribution in [3.63, 3.8) is 0 Å². The lowest BCUT2D eigenvalue weighted by Gasteiger charge is -2.03. The van der Waals surface area contributed by atoms with Gasteiger partial charge in [0.15, 0.2) is 0 Å². The largest absolute Gasteiger partial charge is 0.274 e. The van der Waals surface area contributed by atoms with E-state index in [1.165, 1.54) is 6.07 Å². The van der Waals surface area contributed by atoms with Gasteiger partial charge in [-0.3, -0.25) is 4.79 Å². The van der Waals surface area contributed by atoms with Gasteiger partial charge in [-0.05, 0) is 39.7 Å². The molecule has 1 heterocycles. The fraction of sp³-hybridized carbons (Fsp3) is 0.143. The second-order valence-corrected chi connectivity index (χ2v) is 3.30.